The Balaban J connectivity index is 1.80. The molecule has 1 aliphatic rings. The van der Waals surface area contributed by atoms with Crippen LogP contribution in [0.1, 0.15) is 24.3 Å². The van der Waals surface area contributed by atoms with E-state index in [1.807, 2.05) is 24.3 Å². The molecule has 0 spiro atoms. The Hall–Kier alpha value is -3.40. The van der Waals surface area contributed by atoms with Crippen LogP contribution in [0.4, 0.5) is 4.79 Å². The Bertz CT molecular complexity index is 1200. The summed E-state index contributed by atoms with van der Waals surface area (Å²) >= 11 is 6.08. The van der Waals surface area contributed by atoms with E-state index in [0.29, 0.717) is 21.5 Å². The maximum atomic E-state index is 13.1. The third-order valence-electron chi connectivity index (χ3n) is 6.29. The van der Waals surface area contributed by atoms with Crippen LogP contribution >= 0.6 is 11.6 Å². The Morgan fingerprint density at radius 3 is 2.26 bits per heavy atom. The molecule has 2 heterocycles. The van der Waals surface area contributed by atoms with Crippen molar-refractivity contribution in [3.63, 3.8) is 0 Å². The number of benzene rings is 2. The van der Waals surface area contributed by atoms with E-state index in [1.165, 1.54) is 19.1 Å². The lowest BCUT2D eigenvalue weighted by Crippen LogP contribution is -2.51. The van der Waals surface area contributed by atoms with Gasteiger partial charge in [0, 0.05) is 36.3 Å². The van der Waals surface area contributed by atoms with Gasteiger partial charge in [-0.05, 0) is 30.5 Å². The van der Waals surface area contributed by atoms with Crippen molar-refractivity contribution in [3.05, 3.63) is 65.0 Å². The zero-order valence-electron chi connectivity index (χ0n) is 19.4. The second kappa shape index (κ2) is 10.1. The predicted octanol–water partition coefficient (Wildman–Crippen LogP) is 4.10. The number of likely N-dealkylation sites (tertiary alicyclic amines) is 1. The number of amides is 2. The van der Waals surface area contributed by atoms with Gasteiger partial charge < -0.3 is 19.2 Å². The van der Waals surface area contributed by atoms with E-state index in [1.54, 1.807) is 24.3 Å². The smallest absolute Gasteiger partial charge is 0.343 e. The van der Waals surface area contributed by atoms with Gasteiger partial charge in [-0.2, -0.15) is 0 Å². The van der Waals surface area contributed by atoms with Crippen LogP contribution in [-0.4, -0.2) is 64.5 Å². The molecule has 0 radical (unpaired) electrons. The van der Waals surface area contributed by atoms with Gasteiger partial charge in [-0.3, -0.25) is 10.0 Å². The molecule has 0 bridgehead atoms. The fourth-order valence-electron chi connectivity index (χ4n) is 4.27. The number of hydrogen-bond donors (Lipinski definition) is 2. The highest BCUT2D eigenvalue weighted by Gasteiger charge is 2.49. The maximum Gasteiger partial charge on any atom is 0.343 e. The second-order valence-corrected chi connectivity index (χ2v) is 8.86. The van der Waals surface area contributed by atoms with Gasteiger partial charge in [0.2, 0.25) is 5.89 Å². The fraction of sp³-hybridized carbons (Fsp3) is 0.320. The van der Waals surface area contributed by atoms with Gasteiger partial charge in [0.15, 0.2) is 5.76 Å². The zero-order chi connectivity index (χ0) is 25.2. The lowest BCUT2D eigenvalue weighted by atomic mass is 9.78. The average Bonchev–Trinajstić information content (AvgIpc) is 3.34. The van der Waals surface area contributed by atoms with Crippen molar-refractivity contribution >= 4 is 23.6 Å². The number of carbonyl (C=O) groups excluding carboxylic acids is 2. The van der Waals surface area contributed by atoms with Gasteiger partial charge in [-0.1, -0.05) is 48.0 Å². The molecule has 0 atom stereocenters. The highest BCUT2D eigenvalue weighted by Crippen LogP contribution is 2.42. The lowest BCUT2D eigenvalue weighted by molar-refractivity contribution is -0.150. The largest absolute Gasteiger partial charge is 0.468 e. The summed E-state index contributed by atoms with van der Waals surface area (Å²) in [7, 11) is 2.56. The van der Waals surface area contributed by atoms with Gasteiger partial charge in [-0.25, -0.2) is 14.8 Å². The number of carbonyl (C=O) groups is 2. The van der Waals surface area contributed by atoms with Gasteiger partial charge >= 0.3 is 12.0 Å². The van der Waals surface area contributed by atoms with Crippen LogP contribution in [0, 0.1) is 0 Å². The van der Waals surface area contributed by atoms with Crippen LogP contribution in [0.25, 0.3) is 22.6 Å². The molecule has 2 N–H and O–H groups in total. The van der Waals surface area contributed by atoms with Crippen molar-refractivity contribution < 1.29 is 29.1 Å². The first kappa shape index (κ1) is 24.7. The van der Waals surface area contributed by atoms with Gasteiger partial charge in [-0.15, -0.1) is 0 Å². The number of ether oxygens (including phenoxy) is 1. The molecule has 10 heteroatoms. The fourth-order valence-corrected chi connectivity index (χ4v) is 4.40. The van der Waals surface area contributed by atoms with E-state index in [2.05, 4.69) is 0 Å². The maximum absolute atomic E-state index is 13.1. The Labute approximate surface area is 207 Å². The summed E-state index contributed by atoms with van der Waals surface area (Å²) < 4.78 is 11.4. The van der Waals surface area contributed by atoms with Gasteiger partial charge in [0.05, 0.1) is 13.7 Å². The summed E-state index contributed by atoms with van der Waals surface area (Å²) in [6.45, 7) is 0.325. The topological polar surface area (TPSA) is 116 Å². The first-order chi connectivity index (χ1) is 16.8. The minimum atomic E-state index is -1.20. The number of oxazole rings is 1. The summed E-state index contributed by atoms with van der Waals surface area (Å²) in [6, 6.07) is 13.8. The molecule has 184 valence electrons. The first-order valence-corrected chi connectivity index (χ1v) is 11.4. The molecule has 1 aliphatic heterocycles. The highest BCUT2D eigenvalue weighted by molar-refractivity contribution is 6.30. The SMILES string of the molecule is COC(=O)C1(c2nc(-c3ccc(Cl)cc3)c(-c3ccc(CO)cc3)o2)CCN(C(=O)N(C)O)CC1. The number of hydrogen-bond acceptors (Lipinski definition) is 7. The standard InChI is InChI=1S/C25H26ClN3O6/c1-28(33)24(32)29-13-11-25(12-14-29,23(31)34-2)22-27-20(17-7-9-19(26)10-8-17)21(35-22)18-5-3-16(15-30)4-6-18/h3-10,30,33H,11-15H2,1-2H3. The van der Waals surface area contributed by atoms with Crippen molar-refractivity contribution in [2.45, 2.75) is 24.9 Å². The van der Waals surface area contributed by atoms with E-state index in [4.69, 9.17) is 25.7 Å². The minimum absolute atomic E-state index is 0.0876. The number of aliphatic hydroxyl groups is 1. The number of halogens is 1. The number of piperidine rings is 1. The van der Waals surface area contributed by atoms with Crippen LogP contribution in [0.3, 0.4) is 0 Å². The molecule has 9 nitrogen and oxygen atoms in total. The molecule has 1 aromatic heterocycles. The van der Waals surface area contributed by atoms with Crippen molar-refractivity contribution in [3.8, 4) is 22.6 Å². The summed E-state index contributed by atoms with van der Waals surface area (Å²) in [4.78, 5) is 31.5. The number of esters is 1. The van der Waals surface area contributed by atoms with Crippen LogP contribution < -0.4 is 0 Å². The Morgan fingerprint density at radius 1 is 1.11 bits per heavy atom. The van der Waals surface area contributed by atoms with E-state index in [0.717, 1.165) is 16.7 Å². The number of aliphatic hydroxyl groups excluding tert-OH is 1. The molecule has 1 saturated heterocycles. The molecular formula is C25H26ClN3O6. The summed E-state index contributed by atoms with van der Waals surface area (Å²) in [5.41, 5.74) is 1.55. The molecule has 3 aromatic rings. The number of aromatic nitrogens is 1. The van der Waals surface area contributed by atoms with E-state index in [9.17, 15) is 19.9 Å². The van der Waals surface area contributed by atoms with Crippen LogP contribution in [0.5, 0.6) is 0 Å². The zero-order valence-corrected chi connectivity index (χ0v) is 20.2. The van der Waals surface area contributed by atoms with Gasteiger partial charge in [0.25, 0.3) is 0 Å². The third kappa shape index (κ3) is 4.75. The van der Waals surface area contributed by atoms with Crippen LogP contribution in [-0.2, 0) is 21.6 Å². The second-order valence-electron chi connectivity index (χ2n) is 8.43. The number of nitrogens with zero attached hydrogens (tertiary/aromatic N) is 3. The van der Waals surface area contributed by atoms with Crippen molar-refractivity contribution in [2.75, 3.05) is 27.2 Å². The molecule has 2 amide bonds. The Morgan fingerprint density at radius 2 is 1.71 bits per heavy atom. The molecule has 35 heavy (non-hydrogen) atoms. The lowest BCUT2D eigenvalue weighted by Gasteiger charge is -2.38. The van der Waals surface area contributed by atoms with Crippen molar-refractivity contribution in [1.29, 1.82) is 0 Å². The Kier molecular flexibility index (Phi) is 7.11. The molecule has 0 aliphatic carbocycles. The van der Waals surface area contributed by atoms with Gasteiger partial charge in [0.1, 0.15) is 11.1 Å². The third-order valence-corrected chi connectivity index (χ3v) is 6.55. The molecule has 1 fully saturated rings. The first-order valence-electron chi connectivity index (χ1n) is 11.1. The van der Waals surface area contributed by atoms with Crippen molar-refractivity contribution in [1.82, 2.24) is 14.9 Å². The number of rotatable bonds is 5. The minimum Gasteiger partial charge on any atom is -0.468 e. The molecular weight excluding hydrogens is 474 g/mol. The number of methoxy groups -OCH3 is 1. The normalized spacial score (nSPS) is 15.1. The average molecular weight is 500 g/mol. The molecule has 4 rings (SSSR count). The van der Waals surface area contributed by atoms with E-state index >= 15 is 0 Å². The predicted molar refractivity (Wildman–Crippen MR) is 128 cm³/mol. The summed E-state index contributed by atoms with van der Waals surface area (Å²) in [5, 5.41) is 20.0. The molecule has 0 unspecified atom stereocenters. The molecule has 0 saturated carbocycles. The van der Waals surface area contributed by atoms with E-state index in [-0.39, 0.29) is 38.4 Å². The van der Waals surface area contributed by atoms with Crippen molar-refractivity contribution in [2.24, 2.45) is 0 Å². The summed E-state index contributed by atoms with van der Waals surface area (Å²) in [5.74, 6) is 0.150. The number of hydroxylamine groups is 2. The monoisotopic (exact) mass is 499 g/mol. The molecule has 2 aromatic carbocycles. The van der Waals surface area contributed by atoms with Crippen LogP contribution in [0.2, 0.25) is 5.02 Å². The number of urea groups is 1. The quantitative estimate of drug-likeness (QED) is 0.308. The van der Waals surface area contributed by atoms with Crippen LogP contribution in [0.15, 0.2) is 52.9 Å². The summed E-state index contributed by atoms with van der Waals surface area (Å²) in [6.07, 6.45) is 0.422. The van der Waals surface area contributed by atoms with E-state index < -0.39 is 17.4 Å². The highest BCUT2D eigenvalue weighted by atomic mass is 35.5.